The monoisotopic (exact) mass is 484 g/mol. The van der Waals surface area contributed by atoms with Gasteiger partial charge in [-0.2, -0.15) is 18.3 Å². The van der Waals surface area contributed by atoms with Crippen molar-refractivity contribution in [1.29, 1.82) is 0 Å². The third-order valence-electron chi connectivity index (χ3n) is 6.28. The molecular formula is C24H20F4N6O. The summed E-state index contributed by atoms with van der Waals surface area (Å²) in [6, 6.07) is 11.2. The first kappa shape index (κ1) is 22.8. The summed E-state index contributed by atoms with van der Waals surface area (Å²) in [5.74, 6) is -1.24. The predicted molar refractivity (Wildman–Crippen MR) is 121 cm³/mol. The fraction of sp³-hybridized carbons (Fsp3) is 0.250. The van der Waals surface area contributed by atoms with Gasteiger partial charge < -0.3 is 9.80 Å². The van der Waals surface area contributed by atoms with Crippen LogP contribution in [-0.2, 0) is 13.2 Å². The van der Waals surface area contributed by atoms with Crippen LogP contribution in [-0.4, -0.2) is 57.0 Å². The molecule has 2 aromatic carbocycles. The van der Waals surface area contributed by atoms with E-state index in [9.17, 15) is 22.4 Å². The number of aromatic nitrogens is 4. The van der Waals surface area contributed by atoms with Crippen molar-refractivity contribution in [1.82, 2.24) is 24.9 Å². The first-order chi connectivity index (χ1) is 16.6. The third kappa shape index (κ3) is 3.96. The number of carbonyl (C=O) groups excluding carboxylic acids is 1. The lowest BCUT2D eigenvalue weighted by Crippen LogP contribution is -2.60. The van der Waals surface area contributed by atoms with E-state index < -0.39 is 29.0 Å². The molecule has 0 bridgehead atoms. The number of hydrogen-bond acceptors (Lipinski definition) is 5. The first-order valence-electron chi connectivity index (χ1n) is 10.8. The number of nitrogens with zero attached hydrogens (tertiary/aromatic N) is 6. The number of rotatable bonds is 4. The number of carbonyl (C=O) groups is 1. The lowest BCUT2D eigenvalue weighted by atomic mass is 10.0. The van der Waals surface area contributed by atoms with Crippen LogP contribution in [0.15, 0.2) is 54.7 Å². The Morgan fingerprint density at radius 1 is 1.06 bits per heavy atom. The lowest BCUT2D eigenvalue weighted by Gasteiger charge is -2.44. The van der Waals surface area contributed by atoms with Gasteiger partial charge in [-0.15, -0.1) is 10.2 Å². The van der Waals surface area contributed by atoms with Gasteiger partial charge in [-0.05, 0) is 24.3 Å². The number of anilines is 1. The van der Waals surface area contributed by atoms with Gasteiger partial charge in [0.15, 0.2) is 5.82 Å². The summed E-state index contributed by atoms with van der Waals surface area (Å²) in [5, 5.41) is 14.8. The topological polar surface area (TPSA) is 67.2 Å². The van der Waals surface area contributed by atoms with Gasteiger partial charge in [-0.25, -0.2) is 4.39 Å². The Hall–Kier alpha value is -4.02. The number of benzene rings is 2. The van der Waals surface area contributed by atoms with Crippen molar-refractivity contribution in [2.24, 2.45) is 7.05 Å². The number of fused-ring (bicyclic) bond motifs is 1. The Kier molecular flexibility index (Phi) is 5.42. The van der Waals surface area contributed by atoms with Crippen LogP contribution < -0.4 is 4.90 Å². The molecule has 1 aliphatic rings. The van der Waals surface area contributed by atoms with E-state index in [0.717, 1.165) is 28.6 Å². The molecule has 3 heterocycles. The first-order valence-corrected chi connectivity index (χ1v) is 10.8. The Bertz CT molecular complexity index is 1430. The van der Waals surface area contributed by atoms with Gasteiger partial charge in [0.05, 0.1) is 22.9 Å². The Balaban J connectivity index is 1.39. The Labute approximate surface area is 197 Å². The minimum absolute atomic E-state index is 0.342. The molecule has 1 saturated heterocycles. The average Bonchev–Trinajstić information content (AvgIpc) is 3.22. The molecule has 11 heteroatoms. The minimum Gasteiger partial charge on any atom is -0.350 e. The van der Waals surface area contributed by atoms with Crippen molar-refractivity contribution in [2.75, 3.05) is 25.0 Å². The van der Waals surface area contributed by atoms with Crippen LogP contribution in [0.4, 0.5) is 23.4 Å². The maximum absolute atomic E-state index is 13.4. The van der Waals surface area contributed by atoms with Gasteiger partial charge in [0.1, 0.15) is 11.5 Å². The van der Waals surface area contributed by atoms with Crippen molar-refractivity contribution in [2.45, 2.75) is 12.2 Å². The average molecular weight is 484 g/mol. The third-order valence-corrected chi connectivity index (χ3v) is 6.28. The number of hydrogen-bond donors (Lipinski definition) is 0. The quantitative estimate of drug-likeness (QED) is 0.407. The molecular weight excluding hydrogens is 464 g/mol. The Morgan fingerprint density at radius 3 is 2.43 bits per heavy atom. The molecule has 1 aliphatic heterocycles. The lowest BCUT2D eigenvalue weighted by molar-refractivity contribution is -0.138. The molecule has 0 spiro atoms. The summed E-state index contributed by atoms with van der Waals surface area (Å²) in [6.45, 7) is 0.739. The van der Waals surface area contributed by atoms with Crippen LogP contribution in [0.2, 0.25) is 0 Å². The van der Waals surface area contributed by atoms with Crippen LogP contribution in [0, 0.1) is 5.82 Å². The fourth-order valence-electron chi connectivity index (χ4n) is 4.29. The highest BCUT2D eigenvalue weighted by Gasteiger charge is 2.39. The van der Waals surface area contributed by atoms with Crippen molar-refractivity contribution in [3.63, 3.8) is 0 Å². The molecule has 4 aromatic rings. The number of amides is 1. The molecule has 0 N–H and O–H groups in total. The molecule has 1 fully saturated rings. The van der Waals surface area contributed by atoms with Crippen molar-refractivity contribution < 1.29 is 22.4 Å². The zero-order valence-electron chi connectivity index (χ0n) is 18.8. The highest BCUT2D eigenvalue weighted by Crippen LogP contribution is 2.35. The summed E-state index contributed by atoms with van der Waals surface area (Å²) in [4.78, 5) is 16.1. The highest BCUT2D eigenvalue weighted by atomic mass is 19.4. The van der Waals surface area contributed by atoms with Crippen LogP contribution in [0.3, 0.4) is 0 Å². The zero-order valence-corrected chi connectivity index (χ0v) is 18.8. The van der Waals surface area contributed by atoms with E-state index in [2.05, 4.69) is 15.3 Å². The molecule has 0 radical (unpaired) electrons. The molecule has 35 heavy (non-hydrogen) atoms. The minimum atomic E-state index is -4.84. The van der Waals surface area contributed by atoms with Crippen molar-refractivity contribution in [3.8, 4) is 11.4 Å². The standard InChI is InChI=1S/C24H20F4N6O/c1-32(23(35)18-8-7-14(25)11-19(18)24(26,27)28)15-12-34(13-15)22-17-6-4-3-5-16(17)21(30-31-22)20-9-10-29-33(20)2/h3-11,15H,12-13H2,1-2H3. The molecule has 0 aliphatic carbocycles. The van der Waals surface area contributed by atoms with Gasteiger partial charge in [0.25, 0.3) is 5.91 Å². The van der Waals surface area contributed by atoms with Crippen LogP contribution >= 0.6 is 0 Å². The van der Waals surface area contributed by atoms with E-state index in [1.54, 1.807) is 10.9 Å². The fourth-order valence-corrected chi connectivity index (χ4v) is 4.29. The summed E-state index contributed by atoms with van der Waals surface area (Å²) in [5.41, 5.74) is -0.365. The molecule has 7 nitrogen and oxygen atoms in total. The van der Waals surface area contributed by atoms with E-state index in [-0.39, 0.29) is 6.04 Å². The maximum atomic E-state index is 13.4. The normalized spacial score (nSPS) is 14.3. The highest BCUT2D eigenvalue weighted by molar-refractivity contribution is 6.00. The number of aryl methyl sites for hydroxylation is 1. The second-order valence-electron chi connectivity index (χ2n) is 8.42. The van der Waals surface area contributed by atoms with Crippen molar-refractivity contribution >= 4 is 22.5 Å². The van der Waals surface area contributed by atoms with Gasteiger partial charge >= 0.3 is 6.18 Å². The molecule has 1 amide bonds. The summed E-state index contributed by atoms with van der Waals surface area (Å²) >= 11 is 0. The second-order valence-corrected chi connectivity index (χ2v) is 8.42. The van der Waals surface area contributed by atoms with Gasteiger partial charge in [0, 0.05) is 44.2 Å². The van der Waals surface area contributed by atoms with Crippen LogP contribution in [0.5, 0.6) is 0 Å². The maximum Gasteiger partial charge on any atom is 0.417 e. The molecule has 2 aromatic heterocycles. The second kappa shape index (κ2) is 8.33. The summed E-state index contributed by atoms with van der Waals surface area (Å²) < 4.78 is 55.3. The van der Waals surface area contributed by atoms with Crippen LogP contribution in [0.25, 0.3) is 22.2 Å². The van der Waals surface area contributed by atoms with Crippen LogP contribution in [0.1, 0.15) is 15.9 Å². The summed E-state index contributed by atoms with van der Waals surface area (Å²) in [7, 11) is 3.26. The van der Waals surface area contributed by atoms with E-state index in [1.807, 2.05) is 42.3 Å². The smallest absolute Gasteiger partial charge is 0.350 e. The van der Waals surface area contributed by atoms with E-state index in [0.29, 0.717) is 30.7 Å². The SMILES string of the molecule is CN(C(=O)c1ccc(F)cc1C(F)(F)F)C1CN(c2nnc(-c3ccnn3C)c3ccccc23)C1. The molecule has 0 atom stereocenters. The zero-order chi connectivity index (χ0) is 24.9. The number of halogens is 4. The largest absolute Gasteiger partial charge is 0.417 e. The van der Waals surface area contributed by atoms with Crippen molar-refractivity contribution in [3.05, 3.63) is 71.7 Å². The predicted octanol–water partition coefficient (Wildman–Crippen LogP) is 4.15. The van der Waals surface area contributed by atoms with Gasteiger partial charge in [0.2, 0.25) is 0 Å². The van der Waals surface area contributed by atoms with Gasteiger partial charge in [-0.1, -0.05) is 24.3 Å². The number of likely N-dealkylation sites (N-methyl/N-ethyl adjacent to an activating group) is 1. The van der Waals surface area contributed by atoms with E-state index in [4.69, 9.17) is 0 Å². The summed E-state index contributed by atoms with van der Waals surface area (Å²) in [6.07, 6.45) is -3.17. The van der Waals surface area contributed by atoms with E-state index in [1.165, 1.54) is 11.9 Å². The molecule has 5 rings (SSSR count). The van der Waals surface area contributed by atoms with Gasteiger partial charge in [-0.3, -0.25) is 9.48 Å². The molecule has 180 valence electrons. The van der Waals surface area contributed by atoms with E-state index >= 15 is 0 Å². The number of alkyl halides is 3. The Morgan fingerprint density at radius 2 is 1.77 bits per heavy atom. The molecule has 0 unspecified atom stereocenters. The molecule has 0 saturated carbocycles.